The third-order valence-corrected chi connectivity index (χ3v) is 5.94. The van der Waals surface area contributed by atoms with Gasteiger partial charge in [0.25, 0.3) is 0 Å². The lowest BCUT2D eigenvalue weighted by atomic mass is 9.95. The van der Waals surface area contributed by atoms with Crippen LogP contribution in [0.15, 0.2) is 0 Å². The van der Waals surface area contributed by atoms with Gasteiger partial charge in [-0.3, -0.25) is 9.59 Å². The summed E-state index contributed by atoms with van der Waals surface area (Å²) in [5, 5.41) is 11.7. The first kappa shape index (κ1) is 17.9. The molecule has 2 N–H and O–H groups in total. The van der Waals surface area contributed by atoms with Crippen molar-refractivity contribution < 1.29 is 23.1 Å². The van der Waals surface area contributed by atoms with Crippen LogP contribution < -0.4 is 5.32 Å². The molecule has 8 heteroatoms. The molecule has 1 aliphatic rings. The summed E-state index contributed by atoms with van der Waals surface area (Å²) in [6.07, 6.45) is 1.92. The van der Waals surface area contributed by atoms with Gasteiger partial charge in [0.15, 0.2) is 0 Å². The Hall–Kier alpha value is -1.15. The number of carbonyl (C=O) groups excluding carboxylic acids is 1. The van der Waals surface area contributed by atoms with E-state index in [4.69, 9.17) is 0 Å². The smallest absolute Gasteiger partial charge is 0.307 e. The first-order valence-electron chi connectivity index (χ1n) is 7.09. The SMILES string of the molecule is CCC1CC(C(=O)O)C(C(=O)NCCS(=O)(=O)N(C)C)C1. The average Bonchev–Trinajstić information content (AvgIpc) is 2.82. The fourth-order valence-electron chi connectivity index (χ4n) is 2.66. The van der Waals surface area contributed by atoms with Crippen molar-refractivity contribution in [2.45, 2.75) is 26.2 Å². The van der Waals surface area contributed by atoms with E-state index in [0.29, 0.717) is 12.8 Å². The van der Waals surface area contributed by atoms with Gasteiger partial charge in [-0.1, -0.05) is 13.3 Å². The molecule has 21 heavy (non-hydrogen) atoms. The van der Waals surface area contributed by atoms with E-state index in [1.807, 2.05) is 6.92 Å². The minimum atomic E-state index is -3.36. The minimum Gasteiger partial charge on any atom is -0.481 e. The molecule has 0 aromatic carbocycles. The second-order valence-electron chi connectivity index (χ2n) is 5.69. The van der Waals surface area contributed by atoms with Gasteiger partial charge in [0, 0.05) is 20.6 Å². The van der Waals surface area contributed by atoms with Crippen molar-refractivity contribution in [2.75, 3.05) is 26.4 Å². The third-order valence-electron chi connectivity index (χ3n) is 4.11. The number of nitrogens with zero attached hydrogens (tertiary/aromatic N) is 1. The van der Waals surface area contributed by atoms with Gasteiger partial charge in [0.2, 0.25) is 15.9 Å². The lowest BCUT2D eigenvalue weighted by Crippen LogP contribution is -2.39. The molecule has 3 atom stereocenters. The van der Waals surface area contributed by atoms with Crippen LogP contribution in [0.4, 0.5) is 0 Å². The highest BCUT2D eigenvalue weighted by Gasteiger charge is 2.41. The summed E-state index contributed by atoms with van der Waals surface area (Å²) in [5.41, 5.74) is 0. The molecule has 0 aromatic heterocycles. The first-order valence-corrected chi connectivity index (χ1v) is 8.70. The van der Waals surface area contributed by atoms with E-state index < -0.39 is 27.8 Å². The molecular formula is C13H24N2O5S. The molecule has 0 bridgehead atoms. The van der Waals surface area contributed by atoms with Crippen LogP contribution in [0.2, 0.25) is 0 Å². The Morgan fingerprint density at radius 2 is 1.81 bits per heavy atom. The Morgan fingerprint density at radius 1 is 1.24 bits per heavy atom. The molecule has 0 saturated heterocycles. The summed E-state index contributed by atoms with van der Waals surface area (Å²) >= 11 is 0. The molecule has 1 saturated carbocycles. The highest BCUT2D eigenvalue weighted by molar-refractivity contribution is 7.89. The fraction of sp³-hybridized carbons (Fsp3) is 0.846. The minimum absolute atomic E-state index is 0.00101. The number of aliphatic carboxylic acids is 1. The normalized spacial score (nSPS) is 26.0. The van der Waals surface area contributed by atoms with Crippen LogP contribution in [0.5, 0.6) is 0 Å². The molecule has 122 valence electrons. The van der Waals surface area contributed by atoms with Crippen molar-refractivity contribution in [1.82, 2.24) is 9.62 Å². The Kier molecular flexibility index (Phi) is 6.15. The summed E-state index contributed by atoms with van der Waals surface area (Å²) in [6.45, 7) is 1.98. The molecule has 0 spiro atoms. The lowest BCUT2D eigenvalue weighted by Gasteiger charge is -2.16. The van der Waals surface area contributed by atoms with Crippen LogP contribution in [0.25, 0.3) is 0 Å². The van der Waals surface area contributed by atoms with Gasteiger partial charge in [-0.05, 0) is 18.8 Å². The van der Waals surface area contributed by atoms with E-state index in [0.717, 1.165) is 10.7 Å². The number of rotatable bonds is 7. The van der Waals surface area contributed by atoms with E-state index in [-0.39, 0.29) is 24.1 Å². The monoisotopic (exact) mass is 320 g/mol. The molecule has 1 fully saturated rings. The van der Waals surface area contributed by atoms with E-state index >= 15 is 0 Å². The van der Waals surface area contributed by atoms with Gasteiger partial charge in [-0.2, -0.15) is 0 Å². The Balaban J connectivity index is 2.57. The second kappa shape index (κ2) is 7.22. The van der Waals surface area contributed by atoms with Crippen LogP contribution in [0.1, 0.15) is 26.2 Å². The zero-order valence-electron chi connectivity index (χ0n) is 12.7. The molecule has 3 unspecified atom stereocenters. The summed E-state index contributed by atoms with van der Waals surface area (Å²) in [7, 11) is -0.498. The standard InChI is InChI=1S/C13H24N2O5S/c1-4-9-7-10(11(8-9)13(17)18)12(16)14-5-6-21(19,20)15(2)3/h9-11H,4-8H2,1-3H3,(H,14,16)(H,17,18). The maximum Gasteiger partial charge on any atom is 0.307 e. The van der Waals surface area contributed by atoms with Crippen molar-refractivity contribution in [3.05, 3.63) is 0 Å². The van der Waals surface area contributed by atoms with Crippen LogP contribution in [-0.2, 0) is 19.6 Å². The number of carbonyl (C=O) groups is 2. The predicted molar refractivity (Wildman–Crippen MR) is 78.1 cm³/mol. The third kappa shape index (κ3) is 4.67. The first-order chi connectivity index (χ1) is 9.69. The van der Waals surface area contributed by atoms with Gasteiger partial charge in [0.1, 0.15) is 0 Å². The molecule has 0 aromatic rings. The topological polar surface area (TPSA) is 104 Å². The van der Waals surface area contributed by atoms with Crippen LogP contribution in [0, 0.1) is 17.8 Å². The summed E-state index contributed by atoms with van der Waals surface area (Å²) in [5.74, 6) is -2.48. The largest absolute Gasteiger partial charge is 0.481 e. The Labute approximate surface area is 125 Å². The highest BCUT2D eigenvalue weighted by Crippen LogP contribution is 2.38. The van der Waals surface area contributed by atoms with Crippen molar-refractivity contribution in [1.29, 1.82) is 0 Å². The highest BCUT2D eigenvalue weighted by atomic mass is 32.2. The van der Waals surface area contributed by atoms with Crippen molar-refractivity contribution in [3.8, 4) is 0 Å². The second-order valence-corrected chi connectivity index (χ2v) is 7.99. The lowest BCUT2D eigenvalue weighted by molar-refractivity contribution is -0.146. The Bertz CT molecular complexity index is 489. The van der Waals surface area contributed by atoms with E-state index in [1.54, 1.807) is 0 Å². The van der Waals surface area contributed by atoms with Crippen LogP contribution in [-0.4, -0.2) is 56.1 Å². The zero-order valence-corrected chi connectivity index (χ0v) is 13.5. The zero-order chi connectivity index (χ0) is 16.2. The summed E-state index contributed by atoms with van der Waals surface area (Å²) in [6, 6.07) is 0. The maximum absolute atomic E-state index is 12.1. The van der Waals surface area contributed by atoms with Crippen molar-refractivity contribution in [2.24, 2.45) is 17.8 Å². The number of carboxylic acid groups (broad SMARTS) is 1. The van der Waals surface area contributed by atoms with Crippen LogP contribution >= 0.6 is 0 Å². The molecule has 7 nitrogen and oxygen atoms in total. The number of hydrogen-bond donors (Lipinski definition) is 2. The average molecular weight is 320 g/mol. The number of nitrogens with one attached hydrogen (secondary N) is 1. The Morgan fingerprint density at radius 3 is 2.29 bits per heavy atom. The van der Waals surface area contributed by atoms with Crippen molar-refractivity contribution in [3.63, 3.8) is 0 Å². The van der Waals surface area contributed by atoms with Crippen molar-refractivity contribution >= 4 is 21.9 Å². The quantitative estimate of drug-likeness (QED) is 0.694. The molecule has 0 radical (unpaired) electrons. The molecular weight excluding hydrogens is 296 g/mol. The van der Waals surface area contributed by atoms with E-state index in [1.165, 1.54) is 14.1 Å². The number of sulfonamides is 1. The van der Waals surface area contributed by atoms with Gasteiger partial charge >= 0.3 is 5.97 Å². The van der Waals surface area contributed by atoms with E-state index in [9.17, 15) is 23.1 Å². The molecule has 1 aliphatic carbocycles. The number of hydrogen-bond acceptors (Lipinski definition) is 4. The van der Waals surface area contributed by atoms with Crippen LogP contribution in [0.3, 0.4) is 0 Å². The number of amides is 1. The van der Waals surface area contributed by atoms with E-state index in [2.05, 4.69) is 5.32 Å². The molecule has 0 aliphatic heterocycles. The van der Waals surface area contributed by atoms with Gasteiger partial charge < -0.3 is 10.4 Å². The van der Waals surface area contributed by atoms with Gasteiger partial charge in [0.05, 0.1) is 17.6 Å². The fourth-order valence-corrected chi connectivity index (χ4v) is 3.38. The molecule has 1 amide bonds. The predicted octanol–water partition coefficient (Wildman–Crippen LogP) is 0.131. The summed E-state index contributed by atoms with van der Waals surface area (Å²) in [4.78, 5) is 23.3. The van der Waals surface area contributed by atoms with Gasteiger partial charge in [-0.15, -0.1) is 0 Å². The number of carboxylic acids is 1. The molecule has 1 rings (SSSR count). The van der Waals surface area contributed by atoms with Gasteiger partial charge in [-0.25, -0.2) is 12.7 Å². The molecule has 0 heterocycles. The summed E-state index contributed by atoms with van der Waals surface area (Å²) < 4.78 is 24.3. The maximum atomic E-state index is 12.1.